The van der Waals surface area contributed by atoms with Crippen LogP contribution < -0.4 is 0 Å². The zero-order chi connectivity index (χ0) is 17.0. The van der Waals surface area contributed by atoms with Crippen LogP contribution in [0.25, 0.3) is 0 Å². The molecule has 130 valence electrons. The molecule has 0 amide bonds. The van der Waals surface area contributed by atoms with Crippen molar-refractivity contribution in [2.75, 3.05) is 19.7 Å². The Labute approximate surface area is 133 Å². The average Bonchev–Trinajstić information content (AvgIpc) is 2.77. The van der Waals surface area contributed by atoms with Crippen LogP contribution in [0.4, 0.5) is 13.2 Å². The van der Waals surface area contributed by atoms with E-state index < -0.39 is 30.0 Å². The van der Waals surface area contributed by atoms with E-state index in [2.05, 4.69) is 0 Å². The summed E-state index contributed by atoms with van der Waals surface area (Å²) in [4.78, 5) is 1.85. The minimum Gasteiger partial charge on any atom is -0.395 e. The number of aliphatic hydroxyl groups is 3. The van der Waals surface area contributed by atoms with Gasteiger partial charge in [-0.15, -0.1) is 0 Å². The van der Waals surface area contributed by atoms with Gasteiger partial charge >= 0.3 is 6.18 Å². The average molecular weight is 333 g/mol. The predicted octanol–water partition coefficient (Wildman–Crippen LogP) is 1.43. The number of aryl methyl sites for hydroxylation is 1. The number of aliphatic hydroxyl groups excluding tert-OH is 3. The highest BCUT2D eigenvalue weighted by Crippen LogP contribution is 2.29. The van der Waals surface area contributed by atoms with E-state index in [1.807, 2.05) is 4.90 Å². The highest BCUT2D eigenvalue weighted by molar-refractivity contribution is 5.24. The van der Waals surface area contributed by atoms with Gasteiger partial charge in [0, 0.05) is 6.54 Å². The molecule has 3 N–H and O–H groups in total. The summed E-state index contributed by atoms with van der Waals surface area (Å²) in [5.41, 5.74) is 0.199. The molecule has 1 fully saturated rings. The smallest absolute Gasteiger partial charge is 0.395 e. The molecule has 0 saturated carbocycles. The largest absolute Gasteiger partial charge is 0.416 e. The maximum atomic E-state index is 12.5. The van der Waals surface area contributed by atoms with Gasteiger partial charge in [-0.1, -0.05) is 12.1 Å². The van der Waals surface area contributed by atoms with Gasteiger partial charge in [-0.05, 0) is 43.5 Å². The Morgan fingerprint density at radius 2 is 1.74 bits per heavy atom. The van der Waals surface area contributed by atoms with Crippen LogP contribution in [0.1, 0.15) is 24.0 Å². The summed E-state index contributed by atoms with van der Waals surface area (Å²) >= 11 is 0. The molecule has 0 unspecified atom stereocenters. The summed E-state index contributed by atoms with van der Waals surface area (Å²) in [6.45, 7) is 0.740. The predicted molar refractivity (Wildman–Crippen MR) is 78.8 cm³/mol. The second kappa shape index (κ2) is 7.61. The fourth-order valence-corrected chi connectivity index (χ4v) is 2.94. The Morgan fingerprint density at radius 1 is 1.09 bits per heavy atom. The van der Waals surface area contributed by atoms with E-state index in [-0.39, 0.29) is 6.61 Å². The number of halogens is 3. The summed E-state index contributed by atoms with van der Waals surface area (Å²) in [6, 6.07) is 4.70. The lowest BCUT2D eigenvalue weighted by atomic mass is 10.1. The van der Waals surface area contributed by atoms with Crippen molar-refractivity contribution in [3.8, 4) is 0 Å². The van der Waals surface area contributed by atoms with Crippen LogP contribution in [0.5, 0.6) is 0 Å². The molecule has 1 aliphatic rings. The number of nitrogens with zero attached hydrogens (tertiary/aromatic N) is 1. The summed E-state index contributed by atoms with van der Waals surface area (Å²) in [7, 11) is 0. The summed E-state index contributed by atoms with van der Waals surface area (Å²) in [6.07, 6.45) is -3.86. The summed E-state index contributed by atoms with van der Waals surface area (Å²) in [5.74, 6) is 0. The number of hydrogen-bond donors (Lipinski definition) is 3. The van der Waals surface area contributed by atoms with Crippen molar-refractivity contribution in [3.63, 3.8) is 0 Å². The van der Waals surface area contributed by atoms with E-state index >= 15 is 0 Å². The zero-order valence-electron chi connectivity index (χ0n) is 12.7. The van der Waals surface area contributed by atoms with Crippen molar-refractivity contribution in [2.45, 2.75) is 43.7 Å². The Balaban J connectivity index is 1.75. The van der Waals surface area contributed by atoms with E-state index in [4.69, 9.17) is 0 Å². The van der Waals surface area contributed by atoms with Gasteiger partial charge in [0.05, 0.1) is 30.4 Å². The molecule has 1 aromatic rings. The van der Waals surface area contributed by atoms with E-state index in [9.17, 15) is 28.5 Å². The van der Waals surface area contributed by atoms with Gasteiger partial charge in [0.1, 0.15) is 0 Å². The third kappa shape index (κ3) is 4.67. The standard InChI is InChI=1S/C16H22F3NO3/c17-16(18,19)12-6-4-11(5-7-12)3-1-2-8-20-9-14(22)15(23)13(20)10-21/h4-7,13-15,21-23H,1-3,8-10H2/t13-,14-,15-/m1/s1. The van der Waals surface area contributed by atoms with Crippen LogP contribution in [0, 0.1) is 0 Å². The number of likely N-dealkylation sites (tertiary alicyclic amines) is 1. The number of β-amino-alcohol motifs (C(OH)–C–C–N with tert-alkyl or cyclic N) is 1. The highest BCUT2D eigenvalue weighted by Gasteiger charge is 2.38. The monoisotopic (exact) mass is 333 g/mol. The first kappa shape index (κ1) is 18.2. The molecule has 3 atom stereocenters. The lowest BCUT2D eigenvalue weighted by molar-refractivity contribution is -0.137. The normalized spacial score (nSPS) is 25.9. The molecule has 0 bridgehead atoms. The Bertz CT molecular complexity index is 492. The third-order valence-corrected chi connectivity index (χ3v) is 4.31. The van der Waals surface area contributed by atoms with Gasteiger partial charge in [0.2, 0.25) is 0 Å². The second-order valence-electron chi connectivity index (χ2n) is 5.95. The SMILES string of the molecule is OC[C@@H]1[C@@H](O)[C@H](O)CN1CCCCc1ccc(C(F)(F)F)cc1. The van der Waals surface area contributed by atoms with E-state index in [0.29, 0.717) is 19.5 Å². The quantitative estimate of drug-likeness (QED) is 0.689. The molecule has 1 aliphatic heterocycles. The van der Waals surface area contributed by atoms with Crippen molar-refractivity contribution >= 4 is 0 Å². The molecular formula is C16H22F3NO3. The van der Waals surface area contributed by atoms with Crippen LogP contribution in [0.15, 0.2) is 24.3 Å². The van der Waals surface area contributed by atoms with Crippen LogP contribution in [-0.2, 0) is 12.6 Å². The minimum atomic E-state index is -4.31. The van der Waals surface area contributed by atoms with Crippen LogP contribution in [0.3, 0.4) is 0 Å². The molecule has 0 aromatic heterocycles. The second-order valence-corrected chi connectivity index (χ2v) is 5.95. The minimum absolute atomic E-state index is 0.211. The van der Waals surface area contributed by atoms with Gasteiger partial charge in [-0.3, -0.25) is 4.90 Å². The molecule has 4 nitrogen and oxygen atoms in total. The van der Waals surface area contributed by atoms with Gasteiger partial charge in [0.25, 0.3) is 0 Å². The summed E-state index contributed by atoms with van der Waals surface area (Å²) in [5, 5.41) is 28.6. The first-order valence-electron chi connectivity index (χ1n) is 7.70. The molecule has 2 rings (SSSR count). The number of benzene rings is 1. The molecular weight excluding hydrogens is 311 g/mol. The van der Waals surface area contributed by atoms with Crippen LogP contribution >= 0.6 is 0 Å². The van der Waals surface area contributed by atoms with E-state index in [1.54, 1.807) is 0 Å². The van der Waals surface area contributed by atoms with Crippen molar-refractivity contribution in [1.29, 1.82) is 0 Å². The van der Waals surface area contributed by atoms with Gasteiger partial charge in [0.15, 0.2) is 0 Å². The highest BCUT2D eigenvalue weighted by atomic mass is 19.4. The van der Waals surface area contributed by atoms with Crippen molar-refractivity contribution in [3.05, 3.63) is 35.4 Å². The fourth-order valence-electron chi connectivity index (χ4n) is 2.94. The van der Waals surface area contributed by atoms with E-state index in [0.717, 1.165) is 30.5 Å². The first-order valence-corrected chi connectivity index (χ1v) is 7.70. The third-order valence-electron chi connectivity index (χ3n) is 4.31. The number of hydrogen-bond acceptors (Lipinski definition) is 4. The maximum Gasteiger partial charge on any atom is 0.416 e. The molecule has 23 heavy (non-hydrogen) atoms. The van der Waals surface area contributed by atoms with E-state index in [1.165, 1.54) is 12.1 Å². The lowest BCUT2D eigenvalue weighted by Gasteiger charge is -2.23. The Morgan fingerprint density at radius 3 is 2.30 bits per heavy atom. The maximum absolute atomic E-state index is 12.5. The zero-order valence-corrected chi connectivity index (χ0v) is 12.7. The molecule has 0 spiro atoms. The Hall–Kier alpha value is -1.15. The lowest BCUT2D eigenvalue weighted by Crippen LogP contribution is -2.39. The fraction of sp³-hybridized carbons (Fsp3) is 0.625. The van der Waals surface area contributed by atoms with Crippen molar-refractivity contribution in [2.24, 2.45) is 0 Å². The van der Waals surface area contributed by atoms with Crippen LogP contribution in [-0.4, -0.2) is 58.2 Å². The van der Waals surface area contributed by atoms with Gasteiger partial charge < -0.3 is 15.3 Å². The Kier molecular flexibility index (Phi) is 6.02. The molecule has 7 heteroatoms. The molecule has 0 radical (unpaired) electrons. The number of rotatable bonds is 6. The van der Waals surface area contributed by atoms with Gasteiger partial charge in [-0.25, -0.2) is 0 Å². The molecule has 0 aliphatic carbocycles. The number of alkyl halides is 3. The molecule has 1 saturated heterocycles. The first-order chi connectivity index (χ1) is 10.8. The van der Waals surface area contributed by atoms with Crippen molar-refractivity contribution < 1.29 is 28.5 Å². The molecule has 1 heterocycles. The topological polar surface area (TPSA) is 63.9 Å². The van der Waals surface area contributed by atoms with Crippen LogP contribution in [0.2, 0.25) is 0 Å². The summed E-state index contributed by atoms with van der Waals surface area (Å²) < 4.78 is 37.4. The van der Waals surface area contributed by atoms with Gasteiger partial charge in [-0.2, -0.15) is 13.2 Å². The number of unbranched alkanes of at least 4 members (excludes halogenated alkanes) is 1. The van der Waals surface area contributed by atoms with Crippen molar-refractivity contribution in [1.82, 2.24) is 4.90 Å². The molecule has 1 aromatic carbocycles.